The molecule has 2 N–H and O–H groups in total. The third-order valence-electron chi connectivity index (χ3n) is 2.92. The highest BCUT2D eigenvalue weighted by Crippen LogP contribution is 2.25. The first-order chi connectivity index (χ1) is 8.91. The average Bonchev–Trinajstić information content (AvgIpc) is 2.37. The van der Waals surface area contributed by atoms with Crippen molar-refractivity contribution < 1.29 is 8.42 Å². The Labute approximate surface area is 113 Å². The fraction of sp³-hybridized carbons (Fsp3) is 0.214. The fourth-order valence-corrected chi connectivity index (χ4v) is 2.56. The number of hydrogen-bond donors (Lipinski definition) is 1. The molecule has 0 saturated carbocycles. The van der Waals surface area contributed by atoms with Gasteiger partial charge in [-0.25, -0.2) is 13.4 Å². The van der Waals surface area contributed by atoms with Gasteiger partial charge in [-0.15, -0.1) is 0 Å². The molecule has 0 saturated heterocycles. The van der Waals surface area contributed by atoms with E-state index in [1.165, 1.54) is 6.26 Å². The molecule has 0 spiro atoms. The lowest BCUT2D eigenvalue weighted by Crippen LogP contribution is -1.99. The molecule has 0 unspecified atom stereocenters. The number of pyridine rings is 1. The Balaban J connectivity index is 2.49. The van der Waals surface area contributed by atoms with Crippen LogP contribution in [0, 0.1) is 0 Å². The Kier molecular flexibility index (Phi) is 3.57. The molecule has 0 bridgehead atoms. The minimum absolute atomic E-state index is 0.317. The van der Waals surface area contributed by atoms with Crippen LogP contribution in [0.2, 0.25) is 0 Å². The minimum Gasteiger partial charge on any atom is -0.384 e. The smallest absolute Gasteiger partial charge is 0.175 e. The van der Waals surface area contributed by atoms with E-state index in [4.69, 9.17) is 5.73 Å². The summed E-state index contributed by atoms with van der Waals surface area (Å²) < 4.78 is 22.8. The van der Waals surface area contributed by atoms with Crippen molar-refractivity contribution in [2.45, 2.75) is 18.2 Å². The predicted molar refractivity (Wildman–Crippen MR) is 76.6 cm³/mol. The highest BCUT2D eigenvalue weighted by atomic mass is 32.2. The maximum atomic E-state index is 11.4. The first-order valence-corrected chi connectivity index (χ1v) is 7.87. The van der Waals surface area contributed by atoms with Gasteiger partial charge in [-0.05, 0) is 36.2 Å². The third-order valence-corrected chi connectivity index (χ3v) is 4.05. The van der Waals surface area contributed by atoms with Crippen LogP contribution >= 0.6 is 0 Å². The van der Waals surface area contributed by atoms with Crippen molar-refractivity contribution in [1.82, 2.24) is 4.98 Å². The van der Waals surface area contributed by atoms with Gasteiger partial charge in [-0.2, -0.15) is 0 Å². The summed E-state index contributed by atoms with van der Waals surface area (Å²) in [6.07, 6.45) is 1.97. The molecule has 2 aromatic rings. The van der Waals surface area contributed by atoms with Crippen LogP contribution in [-0.4, -0.2) is 19.7 Å². The molecular weight excluding hydrogens is 260 g/mol. The fourth-order valence-electron chi connectivity index (χ4n) is 1.93. The van der Waals surface area contributed by atoms with Crippen LogP contribution in [0.3, 0.4) is 0 Å². The van der Waals surface area contributed by atoms with Crippen LogP contribution in [-0.2, 0) is 16.3 Å². The molecule has 5 heteroatoms. The van der Waals surface area contributed by atoms with Gasteiger partial charge in [-0.1, -0.05) is 19.1 Å². The van der Waals surface area contributed by atoms with E-state index in [-0.39, 0.29) is 0 Å². The van der Waals surface area contributed by atoms with Crippen molar-refractivity contribution >= 4 is 15.7 Å². The molecule has 1 heterocycles. The van der Waals surface area contributed by atoms with E-state index in [2.05, 4.69) is 4.98 Å². The molecular formula is C14H16N2O2S. The topological polar surface area (TPSA) is 73.0 Å². The third kappa shape index (κ3) is 2.93. The zero-order valence-electron chi connectivity index (χ0n) is 10.9. The number of nitrogen functional groups attached to an aromatic ring is 1. The molecule has 0 fully saturated rings. The second-order valence-electron chi connectivity index (χ2n) is 4.38. The summed E-state index contributed by atoms with van der Waals surface area (Å²) in [5.41, 5.74) is 8.51. The van der Waals surface area contributed by atoms with Crippen molar-refractivity contribution in [1.29, 1.82) is 0 Å². The van der Waals surface area contributed by atoms with Crippen molar-refractivity contribution in [2.75, 3.05) is 12.0 Å². The molecule has 0 radical (unpaired) electrons. The summed E-state index contributed by atoms with van der Waals surface area (Å²) in [6, 6.07) is 10.5. The molecule has 100 valence electrons. The average molecular weight is 276 g/mol. The van der Waals surface area contributed by atoms with Crippen LogP contribution in [0.5, 0.6) is 0 Å². The summed E-state index contributed by atoms with van der Waals surface area (Å²) in [6.45, 7) is 2.01. The lowest BCUT2D eigenvalue weighted by atomic mass is 10.0. The van der Waals surface area contributed by atoms with Gasteiger partial charge >= 0.3 is 0 Å². The van der Waals surface area contributed by atoms with E-state index in [1.54, 1.807) is 30.3 Å². The summed E-state index contributed by atoms with van der Waals surface area (Å²) in [4.78, 5) is 4.62. The van der Waals surface area contributed by atoms with Crippen LogP contribution in [0.25, 0.3) is 11.1 Å². The van der Waals surface area contributed by atoms with Crippen molar-refractivity contribution in [2.24, 2.45) is 0 Å². The predicted octanol–water partition coefficient (Wildman–Crippen LogP) is 2.30. The van der Waals surface area contributed by atoms with E-state index in [9.17, 15) is 8.42 Å². The maximum Gasteiger partial charge on any atom is 0.175 e. The summed E-state index contributed by atoms with van der Waals surface area (Å²) in [5, 5.41) is 0. The number of aryl methyl sites for hydroxylation is 1. The molecule has 1 aromatic heterocycles. The van der Waals surface area contributed by atoms with Crippen LogP contribution in [0.4, 0.5) is 5.82 Å². The highest BCUT2D eigenvalue weighted by molar-refractivity contribution is 7.90. The van der Waals surface area contributed by atoms with Gasteiger partial charge in [0.2, 0.25) is 0 Å². The summed E-state index contributed by atoms with van der Waals surface area (Å²) in [7, 11) is -3.16. The Morgan fingerprint density at radius 2 is 1.74 bits per heavy atom. The zero-order valence-corrected chi connectivity index (χ0v) is 11.7. The van der Waals surface area contributed by atoms with E-state index >= 15 is 0 Å². The number of rotatable bonds is 3. The number of hydrogen-bond acceptors (Lipinski definition) is 4. The van der Waals surface area contributed by atoms with Gasteiger partial charge in [-0.3, -0.25) is 0 Å². The molecule has 2 rings (SSSR count). The van der Waals surface area contributed by atoms with E-state index < -0.39 is 9.84 Å². The number of nitrogens with zero attached hydrogens (tertiary/aromatic N) is 1. The Hall–Kier alpha value is -1.88. The van der Waals surface area contributed by atoms with Gasteiger partial charge < -0.3 is 5.73 Å². The molecule has 0 amide bonds. The first kappa shape index (κ1) is 13.5. The van der Waals surface area contributed by atoms with Crippen LogP contribution in [0.1, 0.15) is 12.6 Å². The van der Waals surface area contributed by atoms with E-state index in [0.29, 0.717) is 10.7 Å². The minimum atomic E-state index is -3.16. The number of sulfone groups is 1. The molecule has 0 aliphatic carbocycles. The molecule has 1 aromatic carbocycles. The monoisotopic (exact) mass is 276 g/mol. The highest BCUT2D eigenvalue weighted by Gasteiger charge is 2.09. The van der Waals surface area contributed by atoms with Crippen molar-refractivity contribution in [3.63, 3.8) is 0 Å². The molecule has 4 nitrogen and oxygen atoms in total. The second kappa shape index (κ2) is 5.01. The molecule has 0 aliphatic rings. The molecule has 0 atom stereocenters. The number of anilines is 1. The SMILES string of the molecule is CCc1nc(N)ccc1-c1ccc(S(C)(=O)=O)cc1. The van der Waals surface area contributed by atoms with Gasteiger partial charge in [0.05, 0.1) is 10.6 Å². The molecule has 19 heavy (non-hydrogen) atoms. The van der Waals surface area contributed by atoms with Gasteiger partial charge in [0.25, 0.3) is 0 Å². The Morgan fingerprint density at radius 3 is 2.26 bits per heavy atom. The number of aromatic nitrogens is 1. The van der Waals surface area contributed by atoms with Crippen molar-refractivity contribution in [3.05, 3.63) is 42.1 Å². The summed E-state index contributed by atoms with van der Waals surface area (Å²) in [5.74, 6) is 0.494. The maximum absolute atomic E-state index is 11.4. The molecule has 0 aliphatic heterocycles. The normalized spacial score (nSPS) is 11.5. The standard InChI is InChI=1S/C14H16N2O2S/c1-3-13-12(8-9-14(15)16-13)10-4-6-11(7-5-10)19(2,17)18/h4-9H,3H2,1-2H3,(H2,15,16). The van der Waals surface area contributed by atoms with Crippen LogP contribution < -0.4 is 5.73 Å². The van der Waals surface area contributed by atoms with E-state index in [0.717, 1.165) is 23.2 Å². The van der Waals surface area contributed by atoms with Crippen LogP contribution in [0.15, 0.2) is 41.3 Å². The lowest BCUT2D eigenvalue weighted by Gasteiger charge is -2.08. The van der Waals surface area contributed by atoms with Gasteiger partial charge in [0.15, 0.2) is 9.84 Å². The van der Waals surface area contributed by atoms with Gasteiger partial charge in [0.1, 0.15) is 5.82 Å². The first-order valence-electron chi connectivity index (χ1n) is 5.97. The zero-order chi connectivity index (χ0) is 14.0. The largest absolute Gasteiger partial charge is 0.384 e. The van der Waals surface area contributed by atoms with Crippen molar-refractivity contribution in [3.8, 4) is 11.1 Å². The Bertz CT molecular complexity index is 692. The van der Waals surface area contributed by atoms with E-state index in [1.807, 2.05) is 13.0 Å². The second-order valence-corrected chi connectivity index (χ2v) is 6.40. The number of nitrogens with two attached hydrogens (primary N) is 1. The quantitative estimate of drug-likeness (QED) is 0.933. The number of benzene rings is 1. The lowest BCUT2D eigenvalue weighted by molar-refractivity contribution is 0.602. The summed E-state index contributed by atoms with van der Waals surface area (Å²) >= 11 is 0. The Morgan fingerprint density at radius 1 is 1.11 bits per heavy atom. The van der Waals surface area contributed by atoms with Gasteiger partial charge in [0, 0.05) is 11.8 Å².